The molecule has 0 spiro atoms. The molecule has 2 N–H and O–H groups in total. The van der Waals surface area contributed by atoms with Crippen molar-refractivity contribution >= 4 is 0 Å². The number of rotatable bonds is 6. The monoisotopic (exact) mass is 171 g/mol. The summed E-state index contributed by atoms with van der Waals surface area (Å²) in [5.74, 6) is 0. The number of hydrogen-bond donors (Lipinski definition) is 2. The van der Waals surface area contributed by atoms with Gasteiger partial charge in [0.05, 0.1) is 13.2 Å². The van der Waals surface area contributed by atoms with Crippen molar-refractivity contribution in [1.29, 1.82) is 0 Å². The molecule has 0 aliphatic heterocycles. The van der Waals surface area contributed by atoms with Crippen LogP contribution < -0.4 is 0 Å². The van der Waals surface area contributed by atoms with E-state index in [1.54, 1.807) is 6.08 Å². The van der Waals surface area contributed by atoms with E-state index in [2.05, 4.69) is 6.58 Å². The Morgan fingerprint density at radius 2 is 1.83 bits per heavy atom. The highest BCUT2D eigenvalue weighted by Gasteiger charge is 2.03. The molecule has 70 valence electrons. The van der Waals surface area contributed by atoms with Gasteiger partial charge >= 0.3 is 0 Å². The van der Waals surface area contributed by atoms with E-state index in [4.69, 9.17) is 10.2 Å². The smallest absolute Gasteiger partial charge is 0.0606 e. The van der Waals surface area contributed by atoms with Gasteiger partial charge in [0.15, 0.2) is 0 Å². The third kappa shape index (κ3) is 3.55. The number of nitrogens with zero attached hydrogens (tertiary/aromatic N) is 1. The molecule has 0 bridgehead atoms. The minimum Gasteiger partial charge on any atom is -0.395 e. The highest BCUT2D eigenvalue weighted by Crippen LogP contribution is 2.03. The highest BCUT2D eigenvalue weighted by atomic mass is 16.3. The maximum atomic E-state index is 8.72. The largest absolute Gasteiger partial charge is 0.395 e. The first-order valence-electron chi connectivity index (χ1n) is 4.05. The Balaban J connectivity index is 4.15. The fourth-order valence-electron chi connectivity index (χ4n) is 1.04. The standard InChI is InChI=1S/C9H17NO2/c1-3-9(4-2)10(5-7-11)6-8-12/h3-4,11-12H,1,5-8H2,2H3/b9-4+. The Hall–Kier alpha value is -0.800. The first-order valence-corrected chi connectivity index (χ1v) is 4.05. The van der Waals surface area contributed by atoms with Crippen LogP contribution in [0.1, 0.15) is 6.92 Å². The molecule has 0 rings (SSSR count). The lowest BCUT2D eigenvalue weighted by molar-refractivity contribution is 0.192. The fraction of sp³-hybridized carbons (Fsp3) is 0.556. The molecule has 0 fully saturated rings. The average Bonchev–Trinajstić information content (AvgIpc) is 2.07. The van der Waals surface area contributed by atoms with E-state index in [-0.39, 0.29) is 13.2 Å². The van der Waals surface area contributed by atoms with E-state index in [1.807, 2.05) is 17.9 Å². The SMILES string of the molecule is C=C/C(=C\C)N(CCO)CCO. The van der Waals surface area contributed by atoms with Crippen LogP contribution in [0.15, 0.2) is 24.4 Å². The van der Waals surface area contributed by atoms with Gasteiger partial charge in [-0.25, -0.2) is 0 Å². The molecule has 0 aromatic carbocycles. The molecule has 0 radical (unpaired) electrons. The zero-order chi connectivity index (χ0) is 9.40. The predicted molar refractivity (Wildman–Crippen MR) is 49.7 cm³/mol. The van der Waals surface area contributed by atoms with E-state index in [9.17, 15) is 0 Å². The van der Waals surface area contributed by atoms with Crippen molar-refractivity contribution in [2.45, 2.75) is 6.92 Å². The van der Waals surface area contributed by atoms with Crippen LogP contribution in [0, 0.1) is 0 Å². The third-order valence-electron chi connectivity index (χ3n) is 1.61. The van der Waals surface area contributed by atoms with E-state index >= 15 is 0 Å². The molecule has 0 aliphatic rings. The van der Waals surface area contributed by atoms with Crippen molar-refractivity contribution in [3.05, 3.63) is 24.4 Å². The van der Waals surface area contributed by atoms with Gasteiger partial charge in [-0.05, 0) is 13.0 Å². The molecule has 0 aromatic rings. The molecule has 3 nitrogen and oxygen atoms in total. The van der Waals surface area contributed by atoms with Crippen molar-refractivity contribution in [2.24, 2.45) is 0 Å². The molecule has 0 aromatic heterocycles. The summed E-state index contributed by atoms with van der Waals surface area (Å²) in [5.41, 5.74) is 0.943. The van der Waals surface area contributed by atoms with E-state index in [0.717, 1.165) is 5.70 Å². The fourth-order valence-corrected chi connectivity index (χ4v) is 1.04. The lowest BCUT2D eigenvalue weighted by Crippen LogP contribution is -2.28. The second-order valence-corrected chi connectivity index (χ2v) is 2.35. The van der Waals surface area contributed by atoms with Gasteiger partial charge < -0.3 is 15.1 Å². The van der Waals surface area contributed by atoms with Crippen molar-refractivity contribution < 1.29 is 10.2 Å². The number of aliphatic hydroxyl groups is 2. The summed E-state index contributed by atoms with van der Waals surface area (Å²) in [6.07, 6.45) is 3.61. The Kier molecular flexibility index (Phi) is 6.42. The molecule has 0 saturated carbocycles. The summed E-state index contributed by atoms with van der Waals surface area (Å²) in [6.45, 7) is 6.79. The summed E-state index contributed by atoms with van der Waals surface area (Å²) in [4.78, 5) is 1.88. The zero-order valence-corrected chi connectivity index (χ0v) is 7.53. The summed E-state index contributed by atoms with van der Waals surface area (Å²) in [5, 5.41) is 17.4. The first kappa shape index (κ1) is 11.2. The third-order valence-corrected chi connectivity index (χ3v) is 1.61. The highest BCUT2D eigenvalue weighted by molar-refractivity contribution is 5.13. The average molecular weight is 171 g/mol. The van der Waals surface area contributed by atoms with Crippen LogP contribution >= 0.6 is 0 Å². The van der Waals surface area contributed by atoms with Gasteiger partial charge in [0.25, 0.3) is 0 Å². The lowest BCUT2D eigenvalue weighted by atomic mass is 10.3. The summed E-state index contributed by atoms with van der Waals surface area (Å²) >= 11 is 0. The Labute approximate surface area is 73.6 Å². The van der Waals surface area contributed by atoms with Crippen LogP contribution in [0.25, 0.3) is 0 Å². The molecule has 12 heavy (non-hydrogen) atoms. The summed E-state index contributed by atoms with van der Waals surface area (Å²) in [7, 11) is 0. The lowest BCUT2D eigenvalue weighted by Gasteiger charge is -2.23. The van der Waals surface area contributed by atoms with Crippen LogP contribution in [0.4, 0.5) is 0 Å². The minimum atomic E-state index is 0.0885. The summed E-state index contributed by atoms with van der Waals surface area (Å²) in [6, 6.07) is 0. The number of hydrogen-bond acceptors (Lipinski definition) is 3. The minimum absolute atomic E-state index is 0.0885. The molecule has 0 unspecified atom stereocenters. The topological polar surface area (TPSA) is 43.7 Å². The van der Waals surface area contributed by atoms with E-state index < -0.39 is 0 Å². The van der Waals surface area contributed by atoms with Crippen LogP contribution in [0.3, 0.4) is 0 Å². The van der Waals surface area contributed by atoms with E-state index in [0.29, 0.717) is 13.1 Å². The van der Waals surface area contributed by atoms with Crippen molar-refractivity contribution in [3.63, 3.8) is 0 Å². The Morgan fingerprint density at radius 3 is 2.08 bits per heavy atom. The Bertz CT molecular complexity index is 149. The Morgan fingerprint density at radius 1 is 1.33 bits per heavy atom. The predicted octanol–water partition coefficient (Wildman–Crippen LogP) is 0.363. The zero-order valence-electron chi connectivity index (χ0n) is 7.53. The summed E-state index contributed by atoms with van der Waals surface area (Å²) < 4.78 is 0. The van der Waals surface area contributed by atoms with Gasteiger partial charge in [0.2, 0.25) is 0 Å². The number of allylic oxidation sites excluding steroid dienone is 2. The van der Waals surface area contributed by atoms with Gasteiger partial charge in [-0.2, -0.15) is 0 Å². The van der Waals surface area contributed by atoms with Crippen molar-refractivity contribution in [2.75, 3.05) is 26.3 Å². The van der Waals surface area contributed by atoms with Crippen LogP contribution in [-0.2, 0) is 0 Å². The van der Waals surface area contributed by atoms with Gasteiger partial charge in [0, 0.05) is 18.8 Å². The molecule has 0 atom stereocenters. The second-order valence-electron chi connectivity index (χ2n) is 2.35. The van der Waals surface area contributed by atoms with Gasteiger partial charge in [-0.1, -0.05) is 12.7 Å². The van der Waals surface area contributed by atoms with E-state index in [1.165, 1.54) is 0 Å². The van der Waals surface area contributed by atoms with Crippen molar-refractivity contribution in [1.82, 2.24) is 4.90 Å². The molecule has 0 amide bonds. The van der Waals surface area contributed by atoms with Gasteiger partial charge in [-0.3, -0.25) is 0 Å². The number of aliphatic hydroxyl groups excluding tert-OH is 2. The van der Waals surface area contributed by atoms with Crippen molar-refractivity contribution in [3.8, 4) is 0 Å². The van der Waals surface area contributed by atoms with Crippen LogP contribution in [-0.4, -0.2) is 41.4 Å². The second kappa shape index (κ2) is 6.88. The molecule has 0 aliphatic carbocycles. The van der Waals surface area contributed by atoms with Crippen LogP contribution in [0.5, 0.6) is 0 Å². The van der Waals surface area contributed by atoms with Crippen LogP contribution in [0.2, 0.25) is 0 Å². The maximum absolute atomic E-state index is 8.72. The first-order chi connectivity index (χ1) is 5.79. The maximum Gasteiger partial charge on any atom is 0.0606 e. The molecule has 0 saturated heterocycles. The molecule has 3 heteroatoms. The van der Waals surface area contributed by atoms with Gasteiger partial charge in [0.1, 0.15) is 0 Å². The van der Waals surface area contributed by atoms with Gasteiger partial charge in [-0.15, -0.1) is 0 Å². The molecular weight excluding hydrogens is 154 g/mol. The molecular formula is C9H17NO2. The normalized spacial score (nSPS) is 11.4. The quantitative estimate of drug-likeness (QED) is 0.567. The molecule has 0 heterocycles.